The zero-order valence-electron chi connectivity index (χ0n) is 12.1. The molecule has 0 aliphatic rings. The number of nitrogens with zero attached hydrogens (tertiary/aromatic N) is 1. The molecule has 1 heterocycles. The molecule has 1 aromatic heterocycles. The number of carbonyl (C=O) groups excluding carboxylic acids is 1. The Morgan fingerprint density at radius 2 is 1.61 bits per heavy atom. The van der Waals surface area contributed by atoms with Crippen molar-refractivity contribution in [2.75, 3.05) is 5.32 Å². The van der Waals surface area contributed by atoms with Gasteiger partial charge >= 0.3 is 0 Å². The molecule has 1 amide bonds. The number of ether oxygens (including phenoxy) is 1. The zero-order chi connectivity index (χ0) is 16.1. The van der Waals surface area contributed by atoms with Crippen LogP contribution in [0.4, 0.5) is 5.69 Å². The summed E-state index contributed by atoms with van der Waals surface area (Å²) in [6.45, 7) is 0. The van der Waals surface area contributed by atoms with Crippen LogP contribution in [0.5, 0.6) is 11.5 Å². The monoisotopic (exact) mass is 368 g/mol. The Bertz CT molecular complexity index is 805. The van der Waals surface area contributed by atoms with E-state index in [0.29, 0.717) is 21.6 Å². The first kappa shape index (κ1) is 15.2. The number of halogens is 1. The highest BCUT2D eigenvalue weighted by Gasteiger charge is 2.10. The lowest BCUT2D eigenvalue weighted by molar-refractivity contribution is 0.102. The number of hydrogen-bond acceptors (Lipinski definition) is 3. The number of hydrogen-bond donors (Lipinski definition) is 1. The number of anilines is 1. The molecule has 0 bridgehead atoms. The lowest BCUT2D eigenvalue weighted by atomic mass is 10.2. The van der Waals surface area contributed by atoms with Crippen molar-refractivity contribution in [2.24, 2.45) is 0 Å². The fraction of sp³-hybridized carbons (Fsp3) is 0. The van der Waals surface area contributed by atoms with Crippen LogP contribution in [0.3, 0.4) is 0 Å². The van der Waals surface area contributed by atoms with E-state index in [2.05, 4.69) is 26.2 Å². The molecule has 3 rings (SSSR count). The van der Waals surface area contributed by atoms with Gasteiger partial charge in [0.2, 0.25) is 0 Å². The third-order valence-corrected chi connectivity index (χ3v) is 3.73. The van der Waals surface area contributed by atoms with Crippen LogP contribution in [0.2, 0.25) is 0 Å². The number of pyridine rings is 1. The van der Waals surface area contributed by atoms with Crippen molar-refractivity contribution < 1.29 is 9.53 Å². The maximum Gasteiger partial charge on any atom is 0.258 e. The van der Waals surface area contributed by atoms with Crippen LogP contribution < -0.4 is 10.1 Å². The van der Waals surface area contributed by atoms with E-state index in [0.717, 1.165) is 5.75 Å². The Balaban J connectivity index is 1.68. The van der Waals surface area contributed by atoms with Gasteiger partial charge in [-0.2, -0.15) is 0 Å². The summed E-state index contributed by atoms with van der Waals surface area (Å²) in [5.74, 6) is 1.25. The molecular weight excluding hydrogens is 356 g/mol. The van der Waals surface area contributed by atoms with Crippen LogP contribution in [0.1, 0.15) is 10.4 Å². The molecule has 23 heavy (non-hydrogen) atoms. The third-order valence-electron chi connectivity index (χ3n) is 3.09. The lowest BCUT2D eigenvalue weighted by Crippen LogP contribution is -2.12. The van der Waals surface area contributed by atoms with Crippen molar-refractivity contribution in [1.82, 2.24) is 4.98 Å². The van der Waals surface area contributed by atoms with E-state index in [1.54, 1.807) is 42.6 Å². The number of carbonyl (C=O) groups is 1. The lowest BCUT2D eigenvalue weighted by Gasteiger charge is -2.08. The van der Waals surface area contributed by atoms with Gasteiger partial charge in [0, 0.05) is 11.9 Å². The molecule has 114 valence electrons. The molecule has 1 N–H and O–H groups in total. The van der Waals surface area contributed by atoms with E-state index < -0.39 is 0 Å². The Morgan fingerprint density at radius 1 is 0.913 bits per heavy atom. The fourth-order valence-corrected chi connectivity index (χ4v) is 2.42. The normalized spacial score (nSPS) is 10.1. The quantitative estimate of drug-likeness (QED) is 0.667. The second kappa shape index (κ2) is 7.07. The van der Waals surface area contributed by atoms with Gasteiger partial charge in [-0.15, -0.1) is 0 Å². The summed E-state index contributed by atoms with van der Waals surface area (Å²) < 4.78 is 6.23. The van der Waals surface area contributed by atoms with Crippen LogP contribution in [-0.2, 0) is 0 Å². The Hall–Kier alpha value is -2.66. The molecule has 0 saturated carbocycles. The van der Waals surface area contributed by atoms with Gasteiger partial charge in [0.25, 0.3) is 5.91 Å². The van der Waals surface area contributed by atoms with Gasteiger partial charge in [-0.05, 0) is 64.5 Å². The minimum Gasteiger partial charge on any atom is -0.457 e. The summed E-state index contributed by atoms with van der Waals surface area (Å²) >= 11 is 3.27. The number of benzene rings is 2. The van der Waals surface area contributed by atoms with E-state index in [9.17, 15) is 4.79 Å². The van der Waals surface area contributed by atoms with E-state index in [-0.39, 0.29) is 5.91 Å². The molecule has 0 spiro atoms. The number of amides is 1. The number of rotatable bonds is 4. The van der Waals surface area contributed by atoms with Crippen molar-refractivity contribution in [2.45, 2.75) is 0 Å². The maximum absolute atomic E-state index is 12.2. The highest BCUT2D eigenvalue weighted by molar-refractivity contribution is 9.10. The van der Waals surface area contributed by atoms with Crippen molar-refractivity contribution >= 4 is 27.5 Å². The summed E-state index contributed by atoms with van der Waals surface area (Å²) in [7, 11) is 0. The molecule has 4 nitrogen and oxygen atoms in total. The molecule has 0 fully saturated rings. The van der Waals surface area contributed by atoms with Crippen LogP contribution >= 0.6 is 15.9 Å². The largest absolute Gasteiger partial charge is 0.457 e. The predicted molar refractivity (Wildman–Crippen MR) is 92.8 cm³/mol. The first-order valence-corrected chi connectivity index (χ1v) is 7.76. The van der Waals surface area contributed by atoms with Gasteiger partial charge in [0.05, 0.1) is 5.56 Å². The molecule has 0 aliphatic heterocycles. The topological polar surface area (TPSA) is 51.2 Å². The fourth-order valence-electron chi connectivity index (χ4n) is 1.98. The summed E-state index contributed by atoms with van der Waals surface area (Å²) in [6.07, 6.45) is 1.62. The minimum atomic E-state index is -0.221. The van der Waals surface area contributed by atoms with E-state index in [1.807, 2.05) is 30.3 Å². The highest BCUT2D eigenvalue weighted by atomic mass is 79.9. The van der Waals surface area contributed by atoms with Gasteiger partial charge in [0.15, 0.2) is 0 Å². The second-order valence-electron chi connectivity index (χ2n) is 4.74. The predicted octanol–water partition coefficient (Wildman–Crippen LogP) is 4.89. The molecule has 3 aromatic rings. The number of para-hydroxylation sites is 1. The smallest absolute Gasteiger partial charge is 0.258 e. The molecule has 0 radical (unpaired) electrons. The minimum absolute atomic E-state index is 0.221. The first-order chi connectivity index (χ1) is 11.2. The molecular formula is C18H13BrN2O2. The molecule has 0 aliphatic carbocycles. The maximum atomic E-state index is 12.2. The third kappa shape index (κ3) is 3.96. The van der Waals surface area contributed by atoms with Crippen molar-refractivity contribution in [3.05, 3.63) is 83.1 Å². The van der Waals surface area contributed by atoms with Crippen molar-refractivity contribution in [3.8, 4) is 11.5 Å². The highest BCUT2D eigenvalue weighted by Crippen LogP contribution is 2.23. The van der Waals surface area contributed by atoms with E-state index in [1.165, 1.54) is 0 Å². The number of nitrogens with one attached hydrogen (secondary N) is 1. The Kier molecular flexibility index (Phi) is 4.68. The van der Waals surface area contributed by atoms with Gasteiger partial charge in [0.1, 0.15) is 16.1 Å². The average molecular weight is 369 g/mol. The molecule has 0 saturated heterocycles. The first-order valence-electron chi connectivity index (χ1n) is 6.97. The van der Waals surface area contributed by atoms with Crippen LogP contribution in [0, 0.1) is 0 Å². The molecule has 0 unspecified atom stereocenters. The zero-order valence-corrected chi connectivity index (χ0v) is 13.7. The summed E-state index contributed by atoms with van der Waals surface area (Å²) in [5, 5.41) is 2.83. The van der Waals surface area contributed by atoms with Crippen molar-refractivity contribution in [1.29, 1.82) is 0 Å². The molecule has 5 heteroatoms. The van der Waals surface area contributed by atoms with E-state index >= 15 is 0 Å². The molecule has 2 aromatic carbocycles. The van der Waals surface area contributed by atoms with Gasteiger partial charge < -0.3 is 10.1 Å². The molecule has 0 atom stereocenters. The average Bonchev–Trinajstić information content (AvgIpc) is 2.58. The number of aromatic nitrogens is 1. The summed E-state index contributed by atoms with van der Waals surface area (Å²) in [6, 6.07) is 20.1. The standard InChI is InChI=1S/C18H13BrN2O2/c19-17-16(7-4-12-20-17)18(22)21-13-8-10-15(11-9-13)23-14-5-2-1-3-6-14/h1-12H,(H,21,22). The summed E-state index contributed by atoms with van der Waals surface area (Å²) in [4.78, 5) is 16.2. The van der Waals surface area contributed by atoms with E-state index in [4.69, 9.17) is 4.74 Å². The second-order valence-corrected chi connectivity index (χ2v) is 5.49. The summed E-state index contributed by atoms with van der Waals surface area (Å²) in [5.41, 5.74) is 1.17. The van der Waals surface area contributed by atoms with Crippen LogP contribution in [0.25, 0.3) is 0 Å². The van der Waals surface area contributed by atoms with Crippen LogP contribution in [-0.4, -0.2) is 10.9 Å². The SMILES string of the molecule is O=C(Nc1ccc(Oc2ccccc2)cc1)c1cccnc1Br. The Labute approximate surface area is 142 Å². The van der Waals surface area contributed by atoms with Gasteiger partial charge in [-0.1, -0.05) is 18.2 Å². The van der Waals surface area contributed by atoms with Gasteiger partial charge in [-0.3, -0.25) is 4.79 Å². The van der Waals surface area contributed by atoms with Crippen LogP contribution in [0.15, 0.2) is 77.5 Å². The Morgan fingerprint density at radius 3 is 2.30 bits per heavy atom. The van der Waals surface area contributed by atoms with Gasteiger partial charge in [-0.25, -0.2) is 4.98 Å². The van der Waals surface area contributed by atoms with Crippen molar-refractivity contribution in [3.63, 3.8) is 0 Å².